The van der Waals surface area contributed by atoms with E-state index >= 15 is 0 Å². The lowest BCUT2D eigenvalue weighted by atomic mass is 10.3. The summed E-state index contributed by atoms with van der Waals surface area (Å²) in [5.74, 6) is 1.08. The quantitative estimate of drug-likeness (QED) is 0.772. The van der Waals surface area contributed by atoms with Gasteiger partial charge in [-0.15, -0.1) is 0 Å². The number of likely N-dealkylation sites (N-methyl/N-ethyl adjacent to an activating group) is 1. The van der Waals surface area contributed by atoms with Crippen LogP contribution in [0.15, 0.2) is 6.07 Å². The highest BCUT2D eigenvalue weighted by Crippen LogP contribution is 2.17. The summed E-state index contributed by atoms with van der Waals surface area (Å²) < 4.78 is 5.14. The number of anilines is 1. The molecule has 0 radical (unpaired) electrons. The maximum atomic E-state index is 12.3. The molecule has 2 rings (SSSR count). The summed E-state index contributed by atoms with van der Waals surface area (Å²) >= 11 is 0. The largest absolute Gasteiger partial charge is 0.467 e. The molecule has 1 aromatic heterocycles. The van der Waals surface area contributed by atoms with Gasteiger partial charge >= 0.3 is 6.01 Å². The van der Waals surface area contributed by atoms with E-state index in [2.05, 4.69) is 33.6 Å². The van der Waals surface area contributed by atoms with Gasteiger partial charge in [-0.2, -0.15) is 4.98 Å². The van der Waals surface area contributed by atoms with E-state index in [-0.39, 0.29) is 5.91 Å². The van der Waals surface area contributed by atoms with Crippen LogP contribution in [0, 0.1) is 6.92 Å². The maximum Gasteiger partial charge on any atom is 0.318 e. The van der Waals surface area contributed by atoms with E-state index in [0.717, 1.165) is 50.8 Å². The summed E-state index contributed by atoms with van der Waals surface area (Å²) in [5, 5.41) is 0. The summed E-state index contributed by atoms with van der Waals surface area (Å²) in [6, 6.07) is 2.34. The molecule has 1 fully saturated rings. The molecule has 128 valence electrons. The first kappa shape index (κ1) is 17.5. The van der Waals surface area contributed by atoms with Crippen LogP contribution in [0.4, 0.5) is 5.82 Å². The van der Waals surface area contributed by atoms with Gasteiger partial charge in [-0.3, -0.25) is 9.69 Å². The number of carbonyl (C=O) groups excluding carboxylic acids is 1. The Morgan fingerprint density at radius 3 is 2.43 bits per heavy atom. The summed E-state index contributed by atoms with van der Waals surface area (Å²) in [6.45, 7) is 11.4. The SMILES string of the molecule is CCN(CC)CC(=O)N1CCN(c2cc(C)nc(OC)n2)CC1. The molecule has 7 nitrogen and oxygen atoms in total. The molecule has 0 N–H and O–H groups in total. The van der Waals surface area contributed by atoms with Crippen molar-refractivity contribution >= 4 is 11.7 Å². The average molecular weight is 321 g/mol. The zero-order valence-corrected chi connectivity index (χ0v) is 14.6. The Kier molecular flexibility index (Phi) is 6.15. The van der Waals surface area contributed by atoms with Gasteiger partial charge in [-0.25, -0.2) is 4.98 Å². The molecule has 1 aliphatic heterocycles. The minimum atomic E-state index is 0.213. The van der Waals surface area contributed by atoms with Crippen molar-refractivity contribution in [2.45, 2.75) is 20.8 Å². The molecule has 2 heterocycles. The first-order valence-corrected chi connectivity index (χ1v) is 8.22. The molecule has 0 aliphatic carbocycles. The van der Waals surface area contributed by atoms with Crippen LogP contribution in [-0.4, -0.2) is 78.6 Å². The van der Waals surface area contributed by atoms with Crippen molar-refractivity contribution in [3.63, 3.8) is 0 Å². The Morgan fingerprint density at radius 2 is 1.87 bits per heavy atom. The Morgan fingerprint density at radius 1 is 1.22 bits per heavy atom. The number of piperazine rings is 1. The van der Waals surface area contributed by atoms with Crippen LogP contribution in [0.25, 0.3) is 0 Å². The topological polar surface area (TPSA) is 61.8 Å². The second kappa shape index (κ2) is 8.10. The van der Waals surface area contributed by atoms with Crippen LogP contribution in [-0.2, 0) is 4.79 Å². The van der Waals surface area contributed by atoms with Gasteiger partial charge in [0.15, 0.2) is 0 Å². The predicted octanol–water partition coefficient (Wildman–Crippen LogP) is 0.784. The summed E-state index contributed by atoms with van der Waals surface area (Å²) in [5.41, 5.74) is 0.881. The number of aryl methyl sites for hydroxylation is 1. The summed E-state index contributed by atoms with van der Waals surface area (Å²) in [4.78, 5) is 27.2. The normalized spacial score (nSPS) is 15.2. The molecule has 1 aromatic rings. The molecule has 0 atom stereocenters. The summed E-state index contributed by atoms with van der Waals surface area (Å²) in [7, 11) is 1.57. The smallest absolute Gasteiger partial charge is 0.318 e. The number of hydrogen-bond donors (Lipinski definition) is 0. The molecule has 1 amide bonds. The molecule has 0 aromatic carbocycles. The van der Waals surface area contributed by atoms with Crippen LogP contribution in [0.1, 0.15) is 19.5 Å². The second-order valence-electron chi connectivity index (χ2n) is 5.68. The van der Waals surface area contributed by atoms with Crippen LogP contribution < -0.4 is 9.64 Å². The minimum Gasteiger partial charge on any atom is -0.467 e. The van der Waals surface area contributed by atoms with Crippen molar-refractivity contribution in [1.29, 1.82) is 0 Å². The van der Waals surface area contributed by atoms with E-state index in [1.54, 1.807) is 7.11 Å². The highest BCUT2D eigenvalue weighted by molar-refractivity contribution is 5.78. The first-order valence-electron chi connectivity index (χ1n) is 8.22. The highest BCUT2D eigenvalue weighted by atomic mass is 16.5. The lowest BCUT2D eigenvalue weighted by Gasteiger charge is -2.36. The van der Waals surface area contributed by atoms with E-state index in [1.807, 2.05) is 17.9 Å². The molecule has 1 aliphatic rings. The van der Waals surface area contributed by atoms with Crippen molar-refractivity contribution in [1.82, 2.24) is 19.8 Å². The predicted molar refractivity (Wildman–Crippen MR) is 89.9 cm³/mol. The highest BCUT2D eigenvalue weighted by Gasteiger charge is 2.23. The van der Waals surface area contributed by atoms with E-state index in [9.17, 15) is 4.79 Å². The van der Waals surface area contributed by atoms with E-state index in [4.69, 9.17) is 4.74 Å². The number of amides is 1. The lowest BCUT2D eigenvalue weighted by Crippen LogP contribution is -2.51. The monoisotopic (exact) mass is 321 g/mol. The van der Waals surface area contributed by atoms with Gasteiger partial charge in [0, 0.05) is 37.9 Å². The number of methoxy groups -OCH3 is 1. The van der Waals surface area contributed by atoms with Crippen molar-refractivity contribution in [2.75, 3.05) is 57.8 Å². The molecule has 0 unspecified atom stereocenters. The van der Waals surface area contributed by atoms with Crippen molar-refractivity contribution in [2.24, 2.45) is 0 Å². The molecule has 23 heavy (non-hydrogen) atoms. The van der Waals surface area contributed by atoms with Gasteiger partial charge in [0.1, 0.15) is 5.82 Å². The van der Waals surface area contributed by atoms with E-state index < -0.39 is 0 Å². The third-order valence-corrected chi connectivity index (χ3v) is 4.21. The number of hydrogen-bond acceptors (Lipinski definition) is 6. The van der Waals surface area contributed by atoms with Gasteiger partial charge in [-0.05, 0) is 20.0 Å². The standard InChI is InChI=1S/C16H27N5O2/c1-5-19(6-2)12-15(22)21-9-7-20(8-10-21)14-11-13(3)17-16(18-14)23-4/h11H,5-10,12H2,1-4H3. The maximum absolute atomic E-state index is 12.3. The van der Waals surface area contributed by atoms with E-state index in [1.165, 1.54) is 0 Å². The second-order valence-corrected chi connectivity index (χ2v) is 5.68. The van der Waals surface area contributed by atoms with Gasteiger partial charge in [0.25, 0.3) is 0 Å². The average Bonchev–Trinajstić information content (AvgIpc) is 2.59. The number of carbonyl (C=O) groups is 1. The molecule has 0 bridgehead atoms. The molecular formula is C16H27N5O2. The fourth-order valence-corrected chi connectivity index (χ4v) is 2.70. The zero-order chi connectivity index (χ0) is 16.8. The van der Waals surface area contributed by atoms with Gasteiger partial charge in [-0.1, -0.05) is 13.8 Å². The summed E-state index contributed by atoms with van der Waals surface area (Å²) in [6.07, 6.45) is 0. The number of nitrogens with zero attached hydrogens (tertiary/aromatic N) is 5. The van der Waals surface area contributed by atoms with Crippen LogP contribution >= 0.6 is 0 Å². The van der Waals surface area contributed by atoms with Crippen LogP contribution in [0.5, 0.6) is 6.01 Å². The minimum absolute atomic E-state index is 0.213. The van der Waals surface area contributed by atoms with Gasteiger partial charge in [0.2, 0.25) is 5.91 Å². The lowest BCUT2D eigenvalue weighted by molar-refractivity contribution is -0.132. The third-order valence-electron chi connectivity index (χ3n) is 4.21. The van der Waals surface area contributed by atoms with Crippen molar-refractivity contribution in [3.8, 4) is 6.01 Å². The Bertz CT molecular complexity index is 525. The molecule has 7 heteroatoms. The van der Waals surface area contributed by atoms with Crippen molar-refractivity contribution in [3.05, 3.63) is 11.8 Å². The molecular weight excluding hydrogens is 294 g/mol. The van der Waals surface area contributed by atoms with Crippen molar-refractivity contribution < 1.29 is 9.53 Å². The van der Waals surface area contributed by atoms with Crippen LogP contribution in [0.2, 0.25) is 0 Å². The zero-order valence-electron chi connectivity index (χ0n) is 14.6. The molecule has 0 saturated carbocycles. The Balaban J connectivity index is 1.93. The number of ether oxygens (including phenoxy) is 1. The van der Waals surface area contributed by atoms with Gasteiger partial charge in [0.05, 0.1) is 13.7 Å². The third kappa shape index (κ3) is 4.54. The molecule has 0 spiro atoms. The fraction of sp³-hybridized carbons (Fsp3) is 0.688. The van der Waals surface area contributed by atoms with E-state index in [0.29, 0.717) is 12.6 Å². The fourth-order valence-electron chi connectivity index (χ4n) is 2.70. The van der Waals surface area contributed by atoms with Crippen LogP contribution in [0.3, 0.4) is 0 Å². The number of rotatable bonds is 6. The number of aromatic nitrogens is 2. The first-order chi connectivity index (χ1) is 11.1. The Labute approximate surface area is 138 Å². The Hall–Kier alpha value is -1.89. The molecule has 1 saturated heterocycles. The van der Waals surface area contributed by atoms with Gasteiger partial charge < -0.3 is 14.5 Å².